The van der Waals surface area contributed by atoms with Crippen LogP contribution in [0.1, 0.15) is 51.3 Å². The second-order valence-electron chi connectivity index (χ2n) is 15.0. The molecule has 3 heterocycles. The number of ether oxygens (including phenoxy) is 1. The fourth-order valence-corrected chi connectivity index (χ4v) is 7.29. The van der Waals surface area contributed by atoms with Crippen molar-refractivity contribution < 1.29 is 4.74 Å². The Labute approximate surface area is 295 Å². The molecule has 8 rings (SSSR count). The van der Waals surface area contributed by atoms with Crippen molar-refractivity contribution in [3.05, 3.63) is 150 Å². The summed E-state index contributed by atoms with van der Waals surface area (Å²) in [6.07, 6.45) is 2.95. The maximum absolute atomic E-state index is 6.63. The number of aromatic nitrogens is 2. The van der Waals surface area contributed by atoms with Crippen molar-refractivity contribution >= 4 is 38.9 Å². The molecular weight excluding hydrogens is 613 g/mol. The molecule has 50 heavy (non-hydrogen) atoms. The lowest BCUT2D eigenvalue weighted by molar-refractivity contribution is 0.483. The number of para-hydroxylation sites is 3. The van der Waals surface area contributed by atoms with Gasteiger partial charge in [-0.15, -0.1) is 0 Å². The van der Waals surface area contributed by atoms with Gasteiger partial charge in [-0.1, -0.05) is 95.3 Å². The van der Waals surface area contributed by atoms with E-state index in [1.54, 1.807) is 0 Å². The zero-order valence-electron chi connectivity index (χ0n) is 29.6. The van der Waals surface area contributed by atoms with Gasteiger partial charge < -0.3 is 14.5 Å². The smallest absolute Gasteiger partial charge is 0.137 e. The van der Waals surface area contributed by atoms with Crippen LogP contribution in [0.2, 0.25) is 0 Å². The predicted molar refractivity (Wildman–Crippen MR) is 208 cm³/mol. The van der Waals surface area contributed by atoms with Crippen molar-refractivity contribution in [1.82, 2.24) is 9.55 Å². The third kappa shape index (κ3) is 6.09. The minimum absolute atomic E-state index is 0.113. The number of nitrogens with zero attached hydrogens (tertiary/aromatic N) is 4. The highest BCUT2D eigenvalue weighted by Crippen LogP contribution is 2.43. The number of hydrogen-bond acceptors (Lipinski definition) is 4. The van der Waals surface area contributed by atoms with Crippen LogP contribution in [0.15, 0.2) is 134 Å². The Balaban J connectivity index is 1.10. The molecule has 0 atom stereocenters. The van der Waals surface area contributed by atoms with Gasteiger partial charge in [-0.05, 0) is 89.0 Å². The molecule has 0 amide bonds. The summed E-state index contributed by atoms with van der Waals surface area (Å²) in [6, 6.07) is 45.5. The van der Waals surface area contributed by atoms with Gasteiger partial charge in [0.2, 0.25) is 0 Å². The number of benzene rings is 5. The van der Waals surface area contributed by atoms with E-state index in [2.05, 4.69) is 170 Å². The van der Waals surface area contributed by atoms with Crippen LogP contribution in [0.3, 0.4) is 0 Å². The molecule has 0 N–H and O–H groups in total. The summed E-state index contributed by atoms with van der Waals surface area (Å²) in [5.74, 6) is 3.09. The molecule has 7 aromatic rings. The van der Waals surface area contributed by atoms with Crippen LogP contribution in [-0.2, 0) is 18.4 Å². The van der Waals surface area contributed by atoms with Crippen molar-refractivity contribution in [3.8, 4) is 17.3 Å². The lowest BCUT2D eigenvalue weighted by atomic mass is 9.86. The summed E-state index contributed by atoms with van der Waals surface area (Å²) in [6.45, 7) is 12.9. The highest BCUT2D eigenvalue weighted by atomic mass is 16.5. The fourth-order valence-electron chi connectivity index (χ4n) is 7.29. The van der Waals surface area contributed by atoms with E-state index in [9.17, 15) is 0 Å². The minimum Gasteiger partial charge on any atom is -0.457 e. The van der Waals surface area contributed by atoms with Gasteiger partial charge in [0.15, 0.2) is 0 Å². The Kier molecular flexibility index (Phi) is 8.07. The summed E-state index contributed by atoms with van der Waals surface area (Å²) < 4.78 is 8.90. The Morgan fingerprint density at radius 2 is 1.44 bits per heavy atom. The number of anilines is 3. The van der Waals surface area contributed by atoms with Gasteiger partial charge >= 0.3 is 0 Å². The minimum atomic E-state index is 0.113. The molecule has 1 aliphatic rings. The van der Waals surface area contributed by atoms with Crippen molar-refractivity contribution in [1.29, 1.82) is 0 Å². The third-order valence-electron chi connectivity index (χ3n) is 9.68. The number of hydrogen-bond donors (Lipinski definition) is 0. The Morgan fingerprint density at radius 1 is 0.680 bits per heavy atom. The van der Waals surface area contributed by atoms with Crippen molar-refractivity contribution in [2.45, 2.75) is 53.0 Å². The molecule has 5 aromatic carbocycles. The van der Waals surface area contributed by atoms with E-state index in [0.29, 0.717) is 5.92 Å². The Bertz CT molecular complexity index is 2330. The molecule has 250 valence electrons. The van der Waals surface area contributed by atoms with Crippen LogP contribution >= 0.6 is 0 Å². The van der Waals surface area contributed by atoms with Crippen LogP contribution in [0.4, 0.5) is 17.1 Å². The summed E-state index contributed by atoms with van der Waals surface area (Å²) >= 11 is 0. The highest BCUT2D eigenvalue weighted by molar-refractivity contribution is 6.09. The van der Waals surface area contributed by atoms with Crippen molar-refractivity contribution in [2.24, 2.45) is 5.92 Å². The van der Waals surface area contributed by atoms with E-state index in [4.69, 9.17) is 9.72 Å². The first kappa shape index (κ1) is 31.7. The van der Waals surface area contributed by atoms with Gasteiger partial charge in [0.05, 0.1) is 29.1 Å². The first-order valence-electron chi connectivity index (χ1n) is 17.7. The van der Waals surface area contributed by atoms with Crippen LogP contribution in [0.25, 0.3) is 27.6 Å². The third-order valence-corrected chi connectivity index (χ3v) is 9.68. The first-order valence-corrected chi connectivity index (χ1v) is 17.7. The average Bonchev–Trinajstić information content (AvgIpc) is 3.63. The molecule has 2 aromatic heterocycles. The lowest BCUT2D eigenvalue weighted by Gasteiger charge is -2.24. The molecule has 1 aliphatic heterocycles. The number of fused-ring (bicyclic) bond motifs is 4. The highest BCUT2D eigenvalue weighted by Gasteiger charge is 2.27. The van der Waals surface area contributed by atoms with Gasteiger partial charge in [0.25, 0.3) is 0 Å². The molecule has 0 spiro atoms. The molecule has 0 saturated carbocycles. The second kappa shape index (κ2) is 12.7. The maximum Gasteiger partial charge on any atom is 0.137 e. The summed E-state index contributed by atoms with van der Waals surface area (Å²) in [5.41, 5.74) is 9.84. The van der Waals surface area contributed by atoms with Crippen LogP contribution in [0.5, 0.6) is 11.5 Å². The molecule has 0 bridgehead atoms. The largest absolute Gasteiger partial charge is 0.457 e. The van der Waals surface area contributed by atoms with Crippen molar-refractivity contribution in [3.63, 3.8) is 0 Å². The second-order valence-corrected chi connectivity index (χ2v) is 15.0. The number of rotatable bonds is 8. The molecule has 0 radical (unpaired) electrons. The van der Waals surface area contributed by atoms with E-state index < -0.39 is 0 Å². The van der Waals surface area contributed by atoms with Gasteiger partial charge in [-0.2, -0.15) is 0 Å². The fraction of sp³-hybridized carbons (Fsp3) is 0.222. The summed E-state index contributed by atoms with van der Waals surface area (Å²) in [4.78, 5) is 9.68. The molecule has 5 heteroatoms. The van der Waals surface area contributed by atoms with Crippen LogP contribution in [-0.4, -0.2) is 16.2 Å². The predicted octanol–water partition coefficient (Wildman–Crippen LogP) is 11.6. The molecule has 0 aliphatic carbocycles. The normalized spacial score (nSPS) is 13.1. The first-order chi connectivity index (χ1) is 24.2. The van der Waals surface area contributed by atoms with Gasteiger partial charge in [0.1, 0.15) is 17.3 Å². The number of pyridine rings is 1. The maximum atomic E-state index is 6.63. The van der Waals surface area contributed by atoms with Gasteiger partial charge in [-0.25, -0.2) is 4.98 Å². The van der Waals surface area contributed by atoms with Gasteiger partial charge in [0, 0.05) is 41.3 Å². The SMILES string of the molecule is CC(C)Cc1ccnc(-n2c3ccccc3c3ccc(Oc4cccc(N5CN(Cc6cccc(C(C)(C)C)c6)c6ccccc65)c4)cc32)c1. The molecule has 0 saturated heterocycles. The topological polar surface area (TPSA) is 33.5 Å². The van der Waals surface area contributed by atoms with Crippen molar-refractivity contribution in [2.75, 3.05) is 16.5 Å². The molecular formula is C45H44N4O. The zero-order valence-corrected chi connectivity index (χ0v) is 29.6. The van der Waals surface area contributed by atoms with E-state index in [0.717, 1.165) is 53.7 Å². The van der Waals surface area contributed by atoms with E-state index in [-0.39, 0.29) is 5.41 Å². The van der Waals surface area contributed by atoms with E-state index in [1.807, 2.05) is 12.3 Å². The summed E-state index contributed by atoms with van der Waals surface area (Å²) in [7, 11) is 0. The Hall–Kier alpha value is -5.55. The summed E-state index contributed by atoms with van der Waals surface area (Å²) in [5, 5.41) is 2.38. The van der Waals surface area contributed by atoms with Gasteiger partial charge in [-0.3, -0.25) is 4.57 Å². The quantitative estimate of drug-likeness (QED) is 0.163. The van der Waals surface area contributed by atoms with E-state index in [1.165, 1.54) is 38.8 Å². The standard InChI is InChI=1S/C45H44N4O/c1-31(2)24-32-22-23-46-44(26-32)49-40-17-7-6-16-38(40)39-21-20-37(28-43(39)49)50-36-15-11-14-35(27-36)48-30-47(41-18-8-9-19-42(41)48)29-33-12-10-13-34(25-33)45(3,4)5/h6-23,25-28,31H,24,29-30H2,1-5H3. The monoisotopic (exact) mass is 656 g/mol. The zero-order chi connectivity index (χ0) is 34.4. The average molecular weight is 657 g/mol. The lowest BCUT2D eigenvalue weighted by Crippen LogP contribution is -2.27. The van der Waals surface area contributed by atoms with Crippen LogP contribution in [0, 0.1) is 5.92 Å². The molecule has 0 fully saturated rings. The molecule has 0 unspecified atom stereocenters. The Morgan fingerprint density at radius 3 is 2.28 bits per heavy atom. The molecule has 5 nitrogen and oxygen atoms in total. The van der Waals surface area contributed by atoms with Crippen LogP contribution < -0.4 is 14.5 Å². The van der Waals surface area contributed by atoms with E-state index >= 15 is 0 Å².